The molecule has 0 aliphatic carbocycles. The van der Waals surface area contributed by atoms with Gasteiger partial charge in [0.25, 0.3) is 5.91 Å². The number of likely N-dealkylation sites (tertiary alicyclic amines) is 1. The van der Waals surface area contributed by atoms with Crippen molar-refractivity contribution in [2.75, 3.05) is 32.8 Å². The van der Waals surface area contributed by atoms with Crippen LogP contribution in [-0.2, 0) is 0 Å². The fraction of sp³-hybridized carbons (Fsp3) is 0.611. The van der Waals surface area contributed by atoms with E-state index in [1.807, 2.05) is 29.2 Å². The Bertz CT molecular complexity index is 480. The van der Waals surface area contributed by atoms with Crippen molar-refractivity contribution in [1.82, 2.24) is 10.2 Å². The van der Waals surface area contributed by atoms with Crippen molar-refractivity contribution in [2.24, 2.45) is 5.92 Å². The summed E-state index contributed by atoms with van der Waals surface area (Å²) in [7, 11) is 0. The average molecular weight is 339 g/mol. The van der Waals surface area contributed by atoms with Crippen molar-refractivity contribution in [3.05, 3.63) is 29.8 Å². The van der Waals surface area contributed by atoms with Crippen LogP contribution in [0.4, 0.5) is 0 Å². The third kappa shape index (κ3) is 5.11. The van der Waals surface area contributed by atoms with Gasteiger partial charge < -0.3 is 15.0 Å². The molecule has 2 saturated heterocycles. The highest BCUT2D eigenvalue weighted by atomic mass is 35.5. The molecule has 0 bridgehead atoms. The molecule has 1 amide bonds. The molecule has 2 aliphatic rings. The Morgan fingerprint density at radius 2 is 1.74 bits per heavy atom. The average Bonchev–Trinajstić information content (AvgIpc) is 2.61. The van der Waals surface area contributed by atoms with Gasteiger partial charge in [0.2, 0.25) is 0 Å². The Balaban J connectivity index is 0.00000192. The second-order valence-electron chi connectivity index (χ2n) is 6.38. The molecule has 2 fully saturated rings. The highest BCUT2D eigenvalue weighted by Gasteiger charge is 2.18. The highest BCUT2D eigenvalue weighted by molar-refractivity contribution is 5.94. The maximum Gasteiger partial charge on any atom is 0.253 e. The molecule has 23 heavy (non-hydrogen) atoms. The van der Waals surface area contributed by atoms with Crippen LogP contribution in [0.1, 0.15) is 42.5 Å². The van der Waals surface area contributed by atoms with Gasteiger partial charge in [0.15, 0.2) is 0 Å². The van der Waals surface area contributed by atoms with E-state index < -0.39 is 0 Å². The third-order valence-electron chi connectivity index (χ3n) is 4.69. The molecule has 1 aromatic carbocycles. The standard InChI is InChI=1S/C18H26N2O2.ClH/c21-18(20-12-2-1-3-13-20)16-4-6-17(7-5-16)22-14-15-8-10-19-11-9-15;/h4-7,15,19H,1-3,8-14H2;1H. The second-order valence-corrected chi connectivity index (χ2v) is 6.38. The molecule has 0 aromatic heterocycles. The monoisotopic (exact) mass is 338 g/mol. The lowest BCUT2D eigenvalue weighted by Gasteiger charge is -2.26. The van der Waals surface area contributed by atoms with Crippen LogP contribution < -0.4 is 10.1 Å². The van der Waals surface area contributed by atoms with Gasteiger partial charge in [-0.05, 0) is 75.4 Å². The number of halogens is 1. The van der Waals surface area contributed by atoms with E-state index >= 15 is 0 Å². The van der Waals surface area contributed by atoms with Crippen LogP contribution in [0, 0.1) is 5.92 Å². The fourth-order valence-electron chi connectivity index (χ4n) is 3.24. The predicted molar refractivity (Wildman–Crippen MR) is 94.5 cm³/mol. The SMILES string of the molecule is Cl.O=C(c1ccc(OCC2CCNCC2)cc1)N1CCCCC1. The quantitative estimate of drug-likeness (QED) is 0.917. The molecule has 2 aliphatic heterocycles. The predicted octanol–water partition coefficient (Wildman–Crippen LogP) is 3.11. The Labute approximate surface area is 145 Å². The van der Waals surface area contributed by atoms with Gasteiger partial charge in [0.05, 0.1) is 6.61 Å². The molecule has 0 spiro atoms. The van der Waals surface area contributed by atoms with Crippen LogP contribution in [-0.4, -0.2) is 43.6 Å². The van der Waals surface area contributed by atoms with Crippen molar-refractivity contribution in [3.8, 4) is 5.75 Å². The van der Waals surface area contributed by atoms with Crippen molar-refractivity contribution in [2.45, 2.75) is 32.1 Å². The Morgan fingerprint density at radius 3 is 2.39 bits per heavy atom. The molecular weight excluding hydrogens is 312 g/mol. The summed E-state index contributed by atoms with van der Waals surface area (Å²) >= 11 is 0. The number of hydrogen-bond acceptors (Lipinski definition) is 3. The maximum atomic E-state index is 12.4. The number of amides is 1. The molecule has 0 radical (unpaired) electrons. The van der Waals surface area contributed by atoms with Crippen LogP contribution in [0.2, 0.25) is 0 Å². The lowest BCUT2D eigenvalue weighted by atomic mass is 9.99. The van der Waals surface area contributed by atoms with E-state index in [-0.39, 0.29) is 18.3 Å². The van der Waals surface area contributed by atoms with E-state index in [0.29, 0.717) is 5.92 Å². The Hall–Kier alpha value is -1.26. The van der Waals surface area contributed by atoms with Crippen LogP contribution in [0.15, 0.2) is 24.3 Å². The first-order valence-corrected chi connectivity index (χ1v) is 8.56. The van der Waals surface area contributed by atoms with E-state index in [1.54, 1.807) is 0 Å². The minimum Gasteiger partial charge on any atom is -0.493 e. The summed E-state index contributed by atoms with van der Waals surface area (Å²) in [6.45, 7) is 4.76. The number of ether oxygens (including phenoxy) is 1. The summed E-state index contributed by atoms with van der Waals surface area (Å²) in [6.07, 6.45) is 5.87. The molecule has 0 atom stereocenters. The van der Waals surface area contributed by atoms with Gasteiger partial charge in [-0.15, -0.1) is 12.4 Å². The van der Waals surface area contributed by atoms with Crippen molar-refractivity contribution < 1.29 is 9.53 Å². The number of hydrogen-bond donors (Lipinski definition) is 1. The smallest absolute Gasteiger partial charge is 0.253 e. The zero-order valence-corrected chi connectivity index (χ0v) is 14.4. The van der Waals surface area contributed by atoms with Crippen LogP contribution in [0.3, 0.4) is 0 Å². The number of nitrogens with zero attached hydrogens (tertiary/aromatic N) is 1. The van der Waals surface area contributed by atoms with E-state index in [1.165, 1.54) is 19.3 Å². The zero-order chi connectivity index (χ0) is 15.2. The third-order valence-corrected chi connectivity index (χ3v) is 4.69. The molecule has 4 nitrogen and oxygen atoms in total. The molecule has 128 valence electrons. The van der Waals surface area contributed by atoms with Crippen molar-refractivity contribution >= 4 is 18.3 Å². The number of carbonyl (C=O) groups is 1. The lowest BCUT2D eigenvalue weighted by molar-refractivity contribution is 0.0724. The van der Waals surface area contributed by atoms with E-state index in [2.05, 4.69) is 5.32 Å². The first-order valence-electron chi connectivity index (χ1n) is 8.56. The second kappa shape index (κ2) is 9.14. The minimum atomic E-state index is 0. The summed E-state index contributed by atoms with van der Waals surface area (Å²) in [6, 6.07) is 7.65. The normalized spacial score (nSPS) is 19.0. The van der Waals surface area contributed by atoms with E-state index in [0.717, 1.165) is 56.9 Å². The van der Waals surface area contributed by atoms with E-state index in [4.69, 9.17) is 4.74 Å². The maximum absolute atomic E-state index is 12.4. The first-order chi connectivity index (χ1) is 10.8. The first kappa shape index (κ1) is 18.1. The molecule has 5 heteroatoms. The Morgan fingerprint density at radius 1 is 1.09 bits per heavy atom. The van der Waals surface area contributed by atoms with E-state index in [9.17, 15) is 4.79 Å². The highest BCUT2D eigenvalue weighted by Crippen LogP contribution is 2.19. The minimum absolute atomic E-state index is 0. The van der Waals surface area contributed by atoms with Crippen LogP contribution >= 0.6 is 12.4 Å². The van der Waals surface area contributed by atoms with Gasteiger partial charge in [0.1, 0.15) is 5.75 Å². The molecular formula is C18H27ClN2O2. The fourth-order valence-corrected chi connectivity index (χ4v) is 3.24. The summed E-state index contributed by atoms with van der Waals surface area (Å²) < 4.78 is 5.87. The van der Waals surface area contributed by atoms with Gasteiger partial charge in [-0.25, -0.2) is 0 Å². The topological polar surface area (TPSA) is 41.6 Å². The number of nitrogens with one attached hydrogen (secondary N) is 1. The molecule has 1 aromatic rings. The molecule has 0 unspecified atom stereocenters. The summed E-state index contributed by atoms with van der Waals surface area (Å²) in [5.41, 5.74) is 0.774. The molecule has 2 heterocycles. The number of benzene rings is 1. The van der Waals surface area contributed by atoms with Gasteiger partial charge in [-0.1, -0.05) is 0 Å². The summed E-state index contributed by atoms with van der Waals surface area (Å²) in [5.74, 6) is 1.68. The largest absolute Gasteiger partial charge is 0.493 e. The van der Waals surface area contributed by atoms with Gasteiger partial charge in [0, 0.05) is 18.7 Å². The zero-order valence-electron chi connectivity index (χ0n) is 13.6. The van der Waals surface area contributed by atoms with Crippen LogP contribution in [0.25, 0.3) is 0 Å². The summed E-state index contributed by atoms with van der Waals surface area (Å²) in [4.78, 5) is 14.4. The summed E-state index contributed by atoms with van der Waals surface area (Å²) in [5, 5.41) is 3.37. The lowest BCUT2D eigenvalue weighted by Crippen LogP contribution is -2.35. The molecule has 1 N–H and O–H groups in total. The van der Waals surface area contributed by atoms with Gasteiger partial charge in [-0.3, -0.25) is 4.79 Å². The van der Waals surface area contributed by atoms with Crippen LogP contribution in [0.5, 0.6) is 5.75 Å². The molecule has 0 saturated carbocycles. The van der Waals surface area contributed by atoms with Gasteiger partial charge >= 0.3 is 0 Å². The molecule has 3 rings (SSSR count). The number of carbonyl (C=O) groups excluding carboxylic acids is 1. The van der Waals surface area contributed by atoms with Gasteiger partial charge in [-0.2, -0.15) is 0 Å². The van der Waals surface area contributed by atoms with Crippen molar-refractivity contribution in [3.63, 3.8) is 0 Å². The van der Waals surface area contributed by atoms with Crippen molar-refractivity contribution in [1.29, 1.82) is 0 Å². The number of piperidine rings is 2. The number of rotatable bonds is 4. The Kier molecular flexibility index (Phi) is 7.18.